The van der Waals surface area contributed by atoms with Gasteiger partial charge in [0.2, 0.25) is 0 Å². The lowest BCUT2D eigenvalue weighted by atomic mass is 10.3. The van der Waals surface area contributed by atoms with Crippen LogP contribution in [0, 0.1) is 0 Å². The van der Waals surface area contributed by atoms with Gasteiger partial charge in [0.25, 0.3) is 0 Å². The maximum Gasteiger partial charge on any atom is 0.181 e. The highest BCUT2D eigenvalue weighted by atomic mass is 16.5. The molecule has 0 atom stereocenters. The Morgan fingerprint density at radius 1 is 1.67 bits per heavy atom. The third-order valence-corrected chi connectivity index (χ3v) is 1.47. The maximum atomic E-state index is 5.42. The fourth-order valence-corrected chi connectivity index (χ4v) is 0.820. The number of nitrogens with zero attached hydrogens (tertiary/aromatic N) is 1. The van der Waals surface area contributed by atoms with E-state index in [2.05, 4.69) is 4.98 Å². The highest BCUT2D eigenvalue weighted by molar-refractivity contribution is 5.05. The van der Waals surface area contributed by atoms with Crippen LogP contribution in [-0.4, -0.2) is 11.1 Å². The van der Waals surface area contributed by atoms with Crippen molar-refractivity contribution in [2.24, 2.45) is 5.73 Å². The molecule has 1 aromatic rings. The van der Waals surface area contributed by atoms with Crippen LogP contribution >= 0.6 is 0 Å². The van der Waals surface area contributed by atoms with Crippen molar-refractivity contribution in [2.75, 3.05) is 0 Å². The lowest BCUT2D eigenvalue weighted by molar-refractivity contribution is 0.0539. The number of aromatic nitrogens is 1. The molecule has 0 bridgehead atoms. The second-order valence-corrected chi connectivity index (χ2v) is 2.79. The summed E-state index contributed by atoms with van der Waals surface area (Å²) in [4.78, 5) is 3.94. The van der Waals surface area contributed by atoms with E-state index >= 15 is 0 Å². The van der Waals surface area contributed by atoms with Crippen LogP contribution in [0.1, 0.15) is 25.3 Å². The fourth-order valence-electron chi connectivity index (χ4n) is 0.820. The molecule has 0 aromatic carbocycles. The Morgan fingerprint density at radius 2 is 2.42 bits per heavy atom. The molecule has 0 spiro atoms. The Balaban J connectivity index is 2.50. The smallest absolute Gasteiger partial charge is 0.181 e. The maximum absolute atomic E-state index is 5.42. The molecule has 1 heterocycles. The first-order valence-corrected chi connectivity index (χ1v) is 3.97. The number of oxazole rings is 1. The van der Waals surface area contributed by atoms with Crippen LogP contribution in [0.3, 0.4) is 0 Å². The van der Waals surface area contributed by atoms with Crippen molar-refractivity contribution in [3.8, 4) is 0 Å². The third kappa shape index (κ3) is 2.32. The molecule has 2 N–H and O–H groups in total. The fraction of sp³-hybridized carbons (Fsp3) is 0.625. The van der Waals surface area contributed by atoms with Crippen molar-refractivity contribution in [1.29, 1.82) is 0 Å². The summed E-state index contributed by atoms with van der Waals surface area (Å²) in [7, 11) is 0. The molecule has 0 aliphatic rings. The molecular formula is C8H14N2O2. The van der Waals surface area contributed by atoms with E-state index in [1.54, 1.807) is 0 Å². The third-order valence-electron chi connectivity index (χ3n) is 1.47. The zero-order valence-corrected chi connectivity index (χ0v) is 7.41. The first-order chi connectivity index (χ1) is 5.74. The molecule has 1 rings (SSSR count). The van der Waals surface area contributed by atoms with Gasteiger partial charge in [0.15, 0.2) is 12.2 Å². The Labute approximate surface area is 71.7 Å². The summed E-state index contributed by atoms with van der Waals surface area (Å²) in [6.45, 7) is 4.79. The lowest BCUT2D eigenvalue weighted by Gasteiger charge is -2.05. The van der Waals surface area contributed by atoms with Crippen molar-refractivity contribution >= 4 is 0 Å². The molecular weight excluding hydrogens is 156 g/mol. The van der Waals surface area contributed by atoms with Gasteiger partial charge in [-0.3, -0.25) is 0 Å². The van der Waals surface area contributed by atoms with E-state index in [4.69, 9.17) is 14.9 Å². The summed E-state index contributed by atoms with van der Waals surface area (Å²) >= 11 is 0. The van der Waals surface area contributed by atoms with Gasteiger partial charge in [-0.15, -0.1) is 0 Å². The molecule has 0 fully saturated rings. The SMILES string of the molecule is CC(C)OCc1ocnc1CN. The minimum atomic E-state index is 0.195. The predicted octanol–water partition coefficient (Wildman–Crippen LogP) is 1.06. The van der Waals surface area contributed by atoms with Gasteiger partial charge >= 0.3 is 0 Å². The van der Waals surface area contributed by atoms with E-state index < -0.39 is 0 Å². The highest BCUT2D eigenvalue weighted by Gasteiger charge is 2.06. The lowest BCUT2D eigenvalue weighted by Crippen LogP contribution is -2.05. The zero-order chi connectivity index (χ0) is 8.97. The molecule has 0 aliphatic heterocycles. The van der Waals surface area contributed by atoms with E-state index in [0.717, 1.165) is 11.5 Å². The topological polar surface area (TPSA) is 61.3 Å². The van der Waals surface area contributed by atoms with Gasteiger partial charge in [0.05, 0.1) is 11.8 Å². The van der Waals surface area contributed by atoms with Crippen LogP contribution in [0.2, 0.25) is 0 Å². The number of rotatable bonds is 4. The molecule has 0 saturated heterocycles. The molecule has 1 aromatic heterocycles. The monoisotopic (exact) mass is 170 g/mol. The normalized spacial score (nSPS) is 11.0. The van der Waals surface area contributed by atoms with E-state index in [0.29, 0.717) is 13.2 Å². The summed E-state index contributed by atoms with van der Waals surface area (Å²) in [6, 6.07) is 0. The van der Waals surface area contributed by atoms with Gasteiger partial charge in [0, 0.05) is 6.54 Å². The van der Waals surface area contributed by atoms with Crippen LogP contribution in [0.5, 0.6) is 0 Å². The van der Waals surface area contributed by atoms with E-state index in [1.807, 2.05) is 13.8 Å². The van der Waals surface area contributed by atoms with E-state index in [1.165, 1.54) is 6.39 Å². The van der Waals surface area contributed by atoms with Crippen molar-refractivity contribution in [2.45, 2.75) is 33.1 Å². The summed E-state index contributed by atoms with van der Waals surface area (Å²) in [6.07, 6.45) is 1.59. The molecule has 0 radical (unpaired) electrons. The average molecular weight is 170 g/mol. The molecule has 0 unspecified atom stereocenters. The van der Waals surface area contributed by atoms with Crippen LogP contribution in [0.4, 0.5) is 0 Å². The zero-order valence-electron chi connectivity index (χ0n) is 7.41. The van der Waals surface area contributed by atoms with Crippen molar-refractivity contribution in [3.05, 3.63) is 17.8 Å². The Bertz CT molecular complexity index is 233. The largest absolute Gasteiger partial charge is 0.446 e. The van der Waals surface area contributed by atoms with Gasteiger partial charge in [-0.25, -0.2) is 4.98 Å². The Kier molecular flexibility index (Phi) is 3.25. The minimum absolute atomic E-state index is 0.195. The van der Waals surface area contributed by atoms with Gasteiger partial charge < -0.3 is 14.9 Å². The quantitative estimate of drug-likeness (QED) is 0.733. The molecule has 0 amide bonds. The Hall–Kier alpha value is -0.870. The standard InChI is InChI=1S/C8H14N2O2/c1-6(2)11-4-8-7(3-9)10-5-12-8/h5-6H,3-4,9H2,1-2H3. The molecule has 4 heteroatoms. The van der Waals surface area contributed by atoms with Crippen LogP contribution in [0.15, 0.2) is 10.8 Å². The van der Waals surface area contributed by atoms with Gasteiger partial charge in [-0.2, -0.15) is 0 Å². The van der Waals surface area contributed by atoms with Crippen LogP contribution < -0.4 is 5.73 Å². The molecule has 0 saturated carbocycles. The second kappa shape index (κ2) is 4.23. The molecule has 68 valence electrons. The second-order valence-electron chi connectivity index (χ2n) is 2.79. The first-order valence-electron chi connectivity index (χ1n) is 3.97. The average Bonchev–Trinajstić information content (AvgIpc) is 2.47. The van der Waals surface area contributed by atoms with Crippen molar-refractivity contribution in [1.82, 2.24) is 4.98 Å². The number of nitrogens with two attached hydrogens (primary N) is 1. The van der Waals surface area contributed by atoms with Crippen LogP contribution in [0.25, 0.3) is 0 Å². The molecule has 12 heavy (non-hydrogen) atoms. The first kappa shape index (κ1) is 9.22. The minimum Gasteiger partial charge on any atom is -0.446 e. The van der Waals surface area contributed by atoms with Crippen LogP contribution in [-0.2, 0) is 17.9 Å². The summed E-state index contributed by atoms with van der Waals surface area (Å²) in [5.41, 5.74) is 6.20. The summed E-state index contributed by atoms with van der Waals surface area (Å²) < 4.78 is 10.4. The highest BCUT2D eigenvalue weighted by Crippen LogP contribution is 2.08. The van der Waals surface area contributed by atoms with Crippen molar-refractivity contribution < 1.29 is 9.15 Å². The summed E-state index contributed by atoms with van der Waals surface area (Å²) in [5, 5.41) is 0. The summed E-state index contributed by atoms with van der Waals surface area (Å²) in [5.74, 6) is 0.728. The number of ether oxygens (including phenoxy) is 1. The van der Waals surface area contributed by atoms with Crippen molar-refractivity contribution in [3.63, 3.8) is 0 Å². The molecule has 4 nitrogen and oxygen atoms in total. The van der Waals surface area contributed by atoms with Gasteiger partial charge in [-0.05, 0) is 13.8 Å². The Morgan fingerprint density at radius 3 is 3.00 bits per heavy atom. The predicted molar refractivity (Wildman–Crippen MR) is 44.3 cm³/mol. The van der Waals surface area contributed by atoms with Gasteiger partial charge in [-0.1, -0.05) is 0 Å². The number of hydrogen-bond donors (Lipinski definition) is 1. The van der Waals surface area contributed by atoms with E-state index in [9.17, 15) is 0 Å². The van der Waals surface area contributed by atoms with E-state index in [-0.39, 0.29) is 6.10 Å². The van der Waals surface area contributed by atoms with Gasteiger partial charge in [0.1, 0.15) is 6.61 Å². The molecule has 0 aliphatic carbocycles. The number of hydrogen-bond acceptors (Lipinski definition) is 4.